The third-order valence-corrected chi connectivity index (χ3v) is 4.43. The van der Waals surface area contributed by atoms with Gasteiger partial charge in [0.1, 0.15) is 11.5 Å². The molecular weight excluding hydrogens is 356 g/mol. The number of anilines is 1. The highest BCUT2D eigenvalue weighted by Crippen LogP contribution is 2.19. The number of nitrogens with two attached hydrogens (primary N) is 1. The van der Waals surface area contributed by atoms with Crippen molar-refractivity contribution < 1.29 is 9.59 Å². The Kier molecular flexibility index (Phi) is 6.43. The second kappa shape index (κ2) is 8.41. The third kappa shape index (κ3) is 5.55. The number of nitrogens with one attached hydrogen (secondary N) is 2. The van der Waals surface area contributed by atoms with Crippen LogP contribution in [0.25, 0.3) is 0 Å². The third-order valence-electron chi connectivity index (χ3n) is 4.43. The molecule has 1 aliphatic heterocycles. The first-order valence-electron chi connectivity index (χ1n) is 9.31. The van der Waals surface area contributed by atoms with Crippen molar-refractivity contribution in [2.45, 2.75) is 45.7 Å². The number of nitrogens with zero attached hydrogens (tertiary/aromatic N) is 3. The molecule has 2 amide bonds. The molecule has 1 unspecified atom stereocenters. The molecule has 2 heterocycles. The predicted molar refractivity (Wildman–Crippen MR) is 110 cm³/mol. The molecule has 1 fully saturated rings. The van der Waals surface area contributed by atoms with Crippen molar-refractivity contribution in [3.63, 3.8) is 0 Å². The van der Waals surface area contributed by atoms with Gasteiger partial charge in [0.25, 0.3) is 11.8 Å². The second-order valence-electron chi connectivity index (χ2n) is 8.22. The van der Waals surface area contributed by atoms with Gasteiger partial charge in [-0.15, -0.1) is 0 Å². The summed E-state index contributed by atoms with van der Waals surface area (Å²) in [5, 5.41) is 11.1. The lowest BCUT2D eigenvalue weighted by atomic mass is 10.1. The van der Waals surface area contributed by atoms with Crippen LogP contribution in [0.3, 0.4) is 0 Å². The number of likely N-dealkylation sites (N-methyl/N-ethyl adjacent to an activating group) is 1. The maximum atomic E-state index is 12.8. The molecule has 4 N–H and O–H groups in total. The quantitative estimate of drug-likeness (QED) is 0.668. The van der Waals surface area contributed by atoms with Crippen molar-refractivity contribution in [3.8, 4) is 0 Å². The molecule has 2 rings (SSSR count). The van der Waals surface area contributed by atoms with E-state index in [1.165, 1.54) is 11.0 Å². The Balaban J connectivity index is 1.99. The average Bonchev–Trinajstić information content (AvgIpc) is 3.08. The van der Waals surface area contributed by atoms with Crippen LogP contribution in [0.5, 0.6) is 0 Å². The van der Waals surface area contributed by atoms with Gasteiger partial charge in [-0.2, -0.15) is 0 Å². The van der Waals surface area contributed by atoms with E-state index in [1.54, 1.807) is 37.2 Å². The number of amides is 2. The van der Waals surface area contributed by atoms with Gasteiger partial charge < -0.3 is 20.9 Å². The van der Waals surface area contributed by atoms with Crippen molar-refractivity contribution in [1.29, 1.82) is 5.41 Å². The molecule has 0 aromatic carbocycles. The minimum atomic E-state index is -0.400. The van der Waals surface area contributed by atoms with E-state index in [2.05, 4.69) is 10.3 Å². The lowest BCUT2D eigenvalue weighted by Gasteiger charge is -2.25. The van der Waals surface area contributed by atoms with Gasteiger partial charge in [0.15, 0.2) is 0 Å². The Morgan fingerprint density at radius 1 is 1.39 bits per heavy atom. The van der Waals surface area contributed by atoms with Gasteiger partial charge in [0.2, 0.25) is 0 Å². The highest BCUT2D eigenvalue weighted by Gasteiger charge is 2.32. The minimum Gasteiger partial charge on any atom is -0.402 e. The SMILES string of the molecule is C/C(N)=C/C(=N)C(=O)N(C)C1CCN(C(=O)c2ccc(NC(C)(C)C)nc2)C1. The molecular formula is C20H30N6O2. The summed E-state index contributed by atoms with van der Waals surface area (Å²) in [6, 6.07) is 3.43. The number of allylic oxidation sites excluding steroid dienone is 1. The number of likely N-dealkylation sites (tertiary alicyclic amines) is 1. The van der Waals surface area contributed by atoms with E-state index >= 15 is 0 Å². The zero-order valence-electron chi connectivity index (χ0n) is 17.2. The number of carbonyl (C=O) groups excluding carboxylic acids is 2. The van der Waals surface area contributed by atoms with Gasteiger partial charge in [-0.05, 0) is 52.3 Å². The monoisotopic (exact) mass is 386 g/mol. The zero-order chi connectivity index (χ0) is 21.1. The second-order valence-corrected chi connectivity index (χ2v) is 8.22. The largest absolute Gasteiger partial charge is 0.402 e. The summed E-state index contributed by atoms with van der Waals surface area (Å²) >= 11 is 0. The van der Waals surface area contributed by atoms with Gasteiger partial charge in [0.05, 0.1) is 11.6 Å². The summed E-state index contributed by atoms with van der Waals surface area (Å²) in [5.41, 5.74) is 6.21. The number of aromatic nitrogens is 1. The Labute approximate surface area is 166 Å². The normalized spacial score (nSPS) is 17.4. The van der Waals surface area contributed by atoms with E-state index in [0.29, 0.717) is 30.8 Å². The van der Waals surface area contributed by atoms with Crippen molar-refractivity contribution in [1.82, 2.24) is 14.8 Å². The highest BCUT2D eigenvalue weighted by atomic mass is 16.2. The molecule has 1 saturated heterocycles. The fourth-order valence-electron chi connectivity index (χ4n) is 3.05. The Morgan fingerprint density at radius 3 is 2.61 bits per heavy atom. The standard InChI is InChI=1S/C20H30N6O2/c1-13(21)10-16(22)19(28)25(5)15-8-9-26(12-15)18(27)14-6-7-17(23-11-14)24-20(2,3)4/h6-7,10-11,15,22H,8-9,12,21H2,1-5H3,(H,23,24)/b13-10-,22-16?. The Morgan fingerprint density at radius 2 is 2.07 bits per heavy atom. The van der Waals surface area contributed by atoms with Crippen molar-refractivity contribution in [2.75, 3.05) is 25.5 Å². The number of hydrogen-bond acceptors (Lipinski definition) is 6. The molecule has 1 aromatic rings. The van der Waals surface area contributed by atoms with Crippen LogP contribution in [0.15, 0.2) is 30.1 Å². The number of pyridine rings is 1. The fourth-order valence-corrected chi connectivity index (χ4v) is 3.05. The smallest absolute Gasteiger partial charge is 0.271 e. The first kappa shape index (κ1) is 21.4. The average molecular weight is 387 g/mol. The molecule has 1 atom stereocenters. The highest BCUT2D eigenvalue weighted by molar-refractivity contribution is 6.42. The first-order chi connectivity index (χ1) is 13.0. The van der Waals surface area contributed by atoms with Crippen LogP contribution in [0.4, 0.5) is 5.82 Å². The molecule has 0 spiro atoms. The number of carbonyl (C=O) groups is 2. The van der Waals surface area contributed by atoms with Gasteiger partial charge in [-0.3, -0.25) is 15.0 Å². The lowest BCUT2D eigenvalue weighted by molar-refractivity contribution is -0.124. The Bertz CT molecular complexity index is 775. The molecule has 1 aliphatic rings. The van der Waals surface area contributed by atoms with Gasteiger partial charge in [-0.25, -0.2) is 4.98 Å². The first-order valence-corrected chi connectivity index (χ1v) is 9.31. The van der Waals surface area contributed by atoms with E-state index < -0.39 is 5.91 Å². The van der Waals surface area contributed by atoms with Gasteiger partial charge >= 0.3 is 0 Å². The molecule has 8 heteroatoms. The molecule has 8 nitrogen and oxygen atoms in total. The van der Waals surface area contributed by atoms with Crippen LogP contribution in [0.1, 0.15) is 44.5 Å². The van der Waals surface area contributed by atoms with E-state index in [-0.39, 0.29) is 23.2 Å². The van der Waals surface area contributed by atoms with E-state index in [1.807, 2.05) is 20.8 Å². The maximum absolute atomic E-state index is 12.8. The molecule has 0 saturated carbocycles. The van der Waals surface area contributed by atoms with Crippen LogP contribution in [-0.4, -0.2) is 64.0 Å². The van der Waals surface area contributed by atoms with E-state index in [4.69, 9.17) is 11.1 Å². The van der Waals surface area contributed by atoms with Crippen molar-refractivity contribution in [3.05, 3.63) is 35.7 Å². The summed E-state index contributed by atoms with van der Waals surface area (Å²) in [7, 11) is 1.66. The molecule has 152 valence electrons. The van der Waals surface area contributed by atoms with Crippen molar-refractivity contribution in [2.24, 2.45) is 5.73 Å². The topological polar surface area (TPSA) is 115 Å². The maximum Gasteiger partial charge on any atom is 0.271 e. The number of rotatable bonds is 5. The van der Waals surface area contributed by atoms with E-state index in [9.17, 15) is 9.59 Å². The number of hydrogen-bond donors (Lipinski definition) is 3. The summed E-state index contributed by atoms with van der Waals surface area (Å²) in [6.07, 6.45) is 3.59. The predicted octanol–water partition coefficient (Wildman–Crippen LogP) is 1.85. The van der Waals surface area contributed by atoms with E-state index in [0.717, 1.165) is 5.82 Å². The Hall–Kier alpha value is -2.90. The summed E-state index contributed by atoms with van der Waals surface area (Å²) in [5.74, 6) is 0.213. The van der Waals surface area contributed by atoms with Crippen LogP contribution in [-0.2, 0) is 4.79 Å². The summed E-state index contributed by atoms with van der Waals surface area (Å²) in [6.45, 7) is 8.75. The molecule has 28 heavy (non-hydrogen) atoms. The lowest BCUT2D eigenvalue weighted by Crippen LogP contribution is -2.42. The van der Waals surface area contributed by atoms with Gasteiger partial charge in [-0.1, -0.05) is 0 Å². The van der Waals surface area contributed by atoms with Crippen LogP contribution in [0, 0.1) is 5.41 Å². The summed E-state index contributed by atoms with van der Waals surface area (Å²) < 4.78 is 0. The zero-order valence-corrected chi connectivity index (χ0v) is 17.2. The van der Waals surface area contributed by atoms with Crippen molar-refractivity contribution >= 4 is 23.3 Å². The molecule has 0 aliphatic carbocycles. The van der Waals surface area contributed by atoms with Crippen LogP contribution >= 0.6 is 0 Å². The minimum absolute atomic E-state index is 0.106. The molecule has 1 aromatic heterocycles. The van der Waals surface area contributed by atoms with Crippen LogP contribution < -0.4 is 11.1 Å². The summed E-state index contributed by atoms with van der Waals surface area (Å²) in [4.78, 5) is 32.7. The molecule has 0 radical (unpaired) electrons. The molecule has 0 bridgehead atoms. The van der Waals surface area contributed by atoms with Gasteiger partial charge in [0, 0.05) is 37.6 Å². The van der Waals surface area contributed by atoms with Crippen LogP contribution in [0.2, 0.25) is 0 Å². The fraction of sp³-hybridized carbons (Fsp3) is 0.500.